The van der Waals surface area contributed by atoms with Gasteiger partial charge in [-0.05, 0) is 36.7 Å². The average molecular weight is 418 g/mol. The predicted octanol–water partition coefficient (Wildman–Crippen LogP) is 1.74. The second-order valence-electron chi connectivity index (χ2n) is 5.95. The number of nitrogens with one attached hydrogen (secondary N) is 2. The smallest absolute Gasteiger partial charge is 0.407 e. The molecule has 140 valence electrons. The van der Waals surface area contributed by atoms with Gasteiger partial charge in [-0.25, -0.2) is 14.6 Å². The van der Waals surface area contributed by atoms with Crippen molar-refractivity contribution in [2.45, 2.75) is 46.8 Å². The Hall–Kier alpha value is -2.10. The minimum Gasteiger partial charge on any atom is -0.444 e. The third-order valence-corrected chi connectivity index (χ3v) is 3.57. The Kier molecular flexibility index (Phi) is 6.97. The molecule has 2 aromatic heterocycles. The molecule has 0 saturated carbocycles. The van der Waals surface area contributed by atoms with E-state index >= 15 is 0 Å². The molecule has 2 heterocycles. The van der Waals surface area contributed by atoms with Crippen LogP contribution in [-0.4, -0.2) is 37.3 Å². The molecule has 9 nitrogen and oxygen atoms in total. The number of carbonyl (C=O) groups is 1. The molecule has 0 atom stereocenters. The second kappa shape index (κ2) is 8.32. The van der Waals surface area contributed by atoms with Crippen LogP contribution in [0.4, 0.5) is 4.79 Å². The van der Waals surface area contributed by atoms with Crippen LogP contribution in [0.1, 0.15) is 34.6 Å². The quantitative estimate of drug-likeness (QED) is 0.738. The van der Waals surface area contributed by atoms with E-state index in [2.05, 4.69) is 31.2 Å². The number of nitrogens with zero attached hydrogens (tertiary/aromatic N) is 3. The van der Waals surface area contributed by atoms with Crippen LogP contribution in [0.15, 0.2) is 14.3 Å². The van der Waals surface area contributed by atoms with E-state index in [-0.39, 0.29) is 24.3 Å². The molecule has 0 saturated heterocycles. The first-order valence-corrected chi connectivity index (χ1v) is 8.71. The number of rotatable bonds is 3. The molecule has 2 aromatic rings. The first-order valence-electron chi connectivity index (χ1n) is 7.92. The molecule has 0 fully saturated rings. The first-order chi connectivity index (χ1) is 11.6. The van der Waals surface area contributed by atoms with Crippen molar-refractivity contribution < 1.29 is 9.53 Å². The number of amides is 1. The highest BCUT2D eigenvalue weighted by Gasteiger charge is 2.17. The van der Waals surface area contributed by atoms with E-state index in [1.807, 2.05) is 13.8 Å². The van der Waals surface area contributed by atoms with Crippen LogP contribution in [0.5, 0.6) is 0 Å². The summed E-state index contributed by atoms with van der Waals surface area (Å²) in [5, 5.41) is 2.60. The molecule has 0 aliphatic carbocycles. The Morgan fingerprint density at radius 3 is 2.48 bits per heavy atom. The number of carbonyl (C=O) groups excluding carboxylic acids is 1. The monoisotopic (exact) mass is 417 g/mol. The molecule has 2 rings (SSSR count). The molecular weight excluding hydrogens is 394 g/mol. The van der Waals surface area contributed by atoms with Gasteiger partial charge in [-0.3, -0.25) is 14.3 Å². The van der Waals surface area contributed by atoms with Gasteiger partial charge in [-0.15, -0.1) is 0 Å². The van der Waals surface area contributed by atoms with E-state index < -0.39 is 22.9 Å². The van der Waals surface area contributed by atoms with E-state index in [1.165, 1.54) is 11.6 Å². The number of aryl methyl sites for hydroxylation is 1. The zero-order chi connectivity index (χ0) is 19.4. The third kappa shape index (κ3) is 5.18. The minimum absolute atomic E-state index is 0.237. The van der Waals surface area contributed by atoms with Crippen molar-refractivity contribution in [2.24, 2.45) is 7.05 Å². The maximum Gasteiger partial charge on any atom is 0.407 e. The van der Waals surface area contributed by atoms with Crippen molar-refractivity contribution in [2.75, 3.05) is 6.54 Å². The molecule has 2 N–H and O–H groups in total. The molecule has 1 amide bonds. The van der Waals surface area contributed by atoms with Crippen molar-refractivity contribution >= 4 is 33.2 Å². The summed E-state index contributed by atoms with van der Waals surface area (Å²) >= 11 is 3.26. The van der Waals surface area contributed by atoms with Gasteiger partial charge in [0.05, 0.1) is 0 Å². The standard InChI is InChI=1S/C13H18BrN5O4.C2H6/c1-13(2,3)23-12(22)15-5-6-19-7-8(16-10(19)14)18(4)11(21)17-9(7)20;1-2/h5-6H2,1-4H3,(H,15,22)(H,17,20,21);1-2H3. The van der Waals surface area contributed by atoms with Crippen LogP contribution < -0.4 is 16.6 Å². The fraction of sp³-hybridized carbons (Fsp3) is 0.600. The number of aromatic amines is 1. The van der Waals surface area contributed by atoms with Gasteiger partial charge in [0.15, 0.2) is 15.9 Å². The summed E-state index contributed by atoms with van der Waals surface area (Å²) in [6.45, 7) is 9.84. The van der Waals surface area contributed by atoms with Crippen LogP contribution in [0, 0.1) is 0 Å². The number of aromatic nitrogens is 4. The van der Waals surface area contributed by atoms with Gasteiger partial charge >= 0.3 is 11.8 Å². The van der Waals surface area contributed by atoms with Crippen molar-refractivity contribution in [1.82, 2.24) is 24.4 Å². The van der Waals surface area contributed by atoms with Crippen LogP contribution in [0.2, 0.25) is 0 Å². The number of hydrogen-bond acceptors (Lipinski definition) is 5. The lowest BCUT2D eigenvalue weighted by atomic mass is 10.2. The Labute approximate surface area is 153 Å². The molecule has 0 aliphatic rings. The SMILES string of the molecule is CC.Cn1c(=O)[nH]c(=O)c2c1nc(Br)n2CCNC(=O)OC(C)(C)C. The molecule has 0 bridgehead atoms. The van der Waals surface area contributed by atoms with E-state index in [0.29, 0.717) is 4.73 Å². The van der Waals surface area contributed by atoms with E-state index in [0.717, 1.165) is 0 Å². The van der Waals surface area contributed by atoms with Crippen molar-refractivity contribution in [1.29, 1.82) is 0 Å². The lowest BCUT2D eigenvalue weighted by Crippen LogP contribution is -2.34. The normalized spacial score (nSPS) is 11.0. The van der Waals surface area contributed by atoms with E-state index in [9.17, 15) is 14.4 Å². The van der Waals surface area contributed by atoms with Gasteiger partial charge in [0, 0.05) is 20.1 Å². The number of imidazole rings is 1. The summed E-state index contributed by atoms with van der Waals surface area (Å²) in [4.78, 5) is 41.6. The highest BCUT2D eigenvalue weighted by molar-refractivity contribution is 9.10. The van der Waals surface area contributed by atoms with Crippen molar-refractivity contribution in [3.8, 4) is 0 Å². The van der Waals surface area contributed by atoms with Gasteiger partial charge in [0.1, 0.15) is 5.60 Å². The van der Waals surface area contributed by atoms with Gasteiger partial charge in [-0.2, -0.15) is 0 Å². The van der Waals surface area contributed by atoms with E-state index in [4.69, 9.17) is 4.74 Å². The highest BCUT2D eigenvalue weighted by atomic mass is 79.9. The number of halogens is 1. The van der Waals surface area contributed by atoms with Gasteiger partial charge in [0.25, 0.3) is 5.56 Å². The first kappa shape index (κ1) is 20.9. The number of alkyl carbamates (subject to hydrolysis) is 1. The zero-order valence-corrected chi connectivity index (χ0v) is 16.9. The molecule has 0 aromatic carbocycles. The maximum absolute atomic E-state index is 12.0. The second-order valence-corrected chi connectivity index (χ2v) is 6.66. The van der Waals surface area contributed by atoms with Crippen LogP contribution >= 0.6 is 15.9 Å². The fourth-order valence-electron chi connectivity index (χ4n) is 2.00. The third-order valence-electron chi connectivity index (χ3n) is 2.96. The number of ether oxygens (including phenoxy) is 1. The van der Waals surface area contributed by atoms with Crippen LogP contribution in [0.25, 0.3) is 11.2 Å². The lowest BCUT2D eigenvalue weighted by molar-refractivity contribution is 0.0526. The summed E-state index contributed by atoms with van der Waals surface area (Å²) in [5.41, 5.74) is -1.13. The Morgan fingerprint density at radius 2 is 1.92 bits per heavy atom. The molecule has 0 aliphatic heterocycles. The fourth-order valence-corrected chi connectivity index (χ4v) is 2.52. The lowest BCUT2D eigenvalue weighted by Gasteiger charge is -2.19. The molecule has 0 spiro atoms. The van der Waals surface area contributed by atoms with Crippen molar-refractivity contribution in [3.05, 3.63) is 25.6 Å². The van der Waals surface area contributed by atoms with Crippen LogP contribution in [-0.2, 0) is 18.3 Å². The number of hydrogen-bond donors (Lipinski definition) is 2. The largest absolute Gasteiger partial charge is 0.444 e. The molecular formula is C15H24BrN5O4. The summed E-state index contributed by atoms with van der Waals surface area (Å²) in [6, 6.07) is 0. The minimum atomic E-state index is -0.582. The highest BCUT2D eigenvalue weighted by Crippen LogP contribution is 2.15. The topological polar surface area (TPSA) is 111 Å². The number of H-pyrrole nitrogens is 1. The summed E-state index contributed by atoms with van der Waals surface area (Å²) < 4.78 is 8.35. The Bertz CT molecular complexity index is 860. The number of fused-ring (bicyclic) bond motifs is 1. The molecule has 0 unspecified atom stereocenters. The molecule has 0 radical (unpaired) electrons. The zero-order valence-electron chi connectivity index (χ0n) is 15.3. The Balaban J connectivity index is 0.00000151. The van der Waals surface area contributed by atoms with Crippen molar-refractivity contribution in [3.63, 3.8) is 0 Å². The van der Waals surface area contributed by atoms with E-state index in [1.54, 1.807) is 25.3 Å². The van der Waals surface area contributed by atoms with Gasteiger partial charge in [0.2, 0.25) is 0 Å². The van der Waals surface area contributed by atoms with Gasteiger partial charge < -0.3 is 14.6 Å². The average Bonchev–Trinajstić information content (AvgIpc) is 2.83. The molecule has 10 heteroatoms. The van der Waals surface area contributed by atoms with Crippen LogP contribution in [0.3, 0.4) is 0 Å². The Morgan fingerprint density at radius 1 is 1.32 bits per heavy atom. The predicted molar refractivity (Wildman–Crippen MR) is 98.9 cm³/mol. The molecule has 25 heavy (non-hydrogen) atoms. The maximum atomic E-state index is 12.0. The van der Waals surface area contributed by atoms with Gasteiger partial charge in [-0.1, -0.05) is 13.8 Å². The summed E-state index contributed by atoms with van der Waals surface area (Å²) in [6.07, 6.45) is -0.542. The summed E-state index contributed by atoms with van der Waals surface area (Å²) in [5.74, 6) is 0. The summed E-state index contributed by atoms with van der Waals surface area (Å²) in [7, 11) is 1.52.